The molecular weight excluding hydrogens is 334 g/mol. The fraction of sp³-hybridized carbons (Fsp3) is 0.842. The van der Waals surface area contributed by atoms with Crippen molar-refractivity contribution in [2.24, 2.45) is 5.92 Å². The maximum absolute atomic E-state index is 13.1. The summed E-state index contributed by atoms with van der Waals surface area (Å²) in [5.74, 6) is -1.06. The van der Waals surface area contributed by atoms with Crippen LogP contribution in [0, 0.1) is 5.92 Å². The molecule has 2 unspecified atom stereocenters. The molecule has 7 nitrogen and oxygen atoms in total. The number of likely N-dealkylation sites (tertiary alicyclic amines) is 2. The van der Waals surface area contributed by atoms with Crippen LogP contribution in [0.15, 0.2) is 0 Å². The molecule has 0 saturated carbocycles. The molecule has 0 aromatic heterocycles. The Balaban J connectivity index is 2.03. The van der Waals surface area contributed by atoms with E-state index in [1.807, 2.05) is 4.90 Å². The van der Waals surface area contributed by atoms with Crippen LogP contribution < -0.4 is 5.48 Å². The molecule has 0 bridgehead atoms. The summed E-state index contributed by atoms with van der Waals surface area (Å²) in [5.41, 5.74) is 1.63. The normalized spacial score (nSPS) is 21.5. The minimum absolute atomic E-state index is 0.0276. The number of nitrogens with one attached hydrogen (secondary N) is 1. The highest BCUT2D eigenvalue weighted by molar-refractivity contribution is 5.91. The van der Waals surface area contributed by atoms with Gasteiger partial charge in [-0.15, -0.1) is 0 Å². The Kier molecular flexibility index (Phi) is 8.35. The Labute approximate surface area is 156 Å². The van der Waals surface area contributed by atoms with Crippen molar-refractivity contribution in [3.63, 3.8) is 0 Å². The van der Waals surface area contributed by atoms with Crippen molar-refractivity contribution in [2.75, 3.05) is 19.6 Å². The van der Waals surface area contributed by atoms with Gasteiger partial charge in [-0.1, -0.05) is 26.2 Å². The van der Waals surface area contributed by atoms with Gasteiger partial charge in [0.15, 0.2) is 0 Å². The van der Waals surface area contributed by atoms with Gasteiger partial charge in [-0.25, -0.2) is 5.48 Å². The zero-order valence-corrected chi connectivity index (χ0v) is 15.9. The molecule has 26 heavy (non-hydrogen) atoms. The van der Waals surface area contributed by atoms with Gasteiger partial charge >= 0.3 is 0 Å². The number of piperidine rings is 1. The number of unbranched alkanes of at least 4 members (excludes halogenated alkanes) is 2. The van der Waals surface area contributed by atoms with Crippen molar-refractivity contribution in [1.82, 2.24) is 15.3 Å². The molecule has 0 radical (unpaired) electrons. The van der Waals surface area contributed by atoms with Crippen LogP contribution in [0.3, 0.4) is 0 Å². The number of amides is 3. The van der Waals surface area contributed by atoms with E-state index in [1.54, 1.807) is 10.4 Å². The maximum Gasteiger partial charge on any atom is 0.245 e. The van der Waals surface area contributed by atoms with Gasteiger partial charge < -0.3 is 9.80 Å². The van der Waals surface area contributed by atoms with Gasteiger partial charge in [0.25, 0.3) is 0 Å². The fourth-order valence-corrected chi connectivity index (χ4v) is 4.07. The first-order valence-corrected chi connectivity index (χ1v) is 10.1. The Morgan fingerprint density at radius 2 is 1.81 bits per heavy atom. The Morgan fingerprint density at radius 1 is 1.08 bits per heavy atom. The molecule has 2 fully saturated rings. The summed E-state index contributed by atoms with van der Waals surface area (Å²) in [6.07, 6.45) is 8.23. The molecule has 2 atom stereocenters. The maximum atomic E-state index is 13.1. The zero-order valence-electron chi connectivity index (χ0n) is 15.9. The van der Waals surface area contributed by atoms with Crippen molar-refractivity contribution < 1.29 is 19.6 Å². The van der Waals surface area contributed by atoms with Crippen LogP contribution in [-0.2, 0) is 14.4 Å². The third kappa shape index (κ3) is 5.43. The minimum atomic E-state index is -0.544. The van der Waals surface area contributed by atoms with E-state index in [9.17, 15) is 14.4 Å². The zero-order chi connectivity index (χ0) is 18.9. The molecule has 0 aromatic rings. The van der Waals surface area contributed by atoms with Gasteiger partial charge in [-0.05, 0) is 38.5 Å². The molecule has 3 amide bonds. The molecule has 2 saturated heterocycles. The van der Waals surface area contributed by atoms with Crippen LogP contribution in [0.1, 0.15) is 71.1 Å². The van der Waals surface area contributed by atoms with E-state index in [0.717, 1.165) is 58.0 Å². The summed E-state index contributed by atoms with van der Waals surface area (Å²) in [6.45, 7) is 4.23. The van der Waals surface area contributed by atoms with Crippen molar-refractivity contribution >= 4 is 17.7 Å². The van der Waals surface area contributed by atoms with Crippen LogP contribution in [0.4, 0.5) is 0 Å². The number of hydrogen-bond acceptors (Lipinski definition) is 4. The quantitative estimate of drug-likeness (QED) is 0.390. The molecule has 0 spiro atoms. The predicted octanol–water partition coefficient (Wildman–Crippen LogP) is 2.08. The van der Waals surface area contributed by atoms with Gasteiger partial charge in [-0.2, -0.15) is 0 Å². The third-order valence-corrected chi connectivity index (χ3v) is 5.55. The second kappa shape index (κ2) is 10.5. The molecule has 2 aliphatic rings. The molecule has 2 N–H and O–H groups in total. The van der Waals surface area contributed by atoms with Crippen molar-refractivity contribution in [2.45, 2.75) is 77.2 Å². The lowest BCUT2D eigenvalue weighted by Crippen LogP contribution is -2.50. The summed E-state index contributed by atoms with van der Waals surface area (Å²) in [7, 11) is 0. The molecule has 2 rings (SSSR count). The van der Waals surface area contributed by atoms with E-state index in [0.29, 0.717) is 19.4 Å². The van der Waals surface area contributed by atoms with Gasteiger partial charge in [0, 0.05) is 32.0 Å². The highest BCUT2D eigenvalue weighted by Gasteiger charge is 2.39. The van der Waals surface area contributed by atoms with E-state index in [4.69, 9.17) is 5.21 Å². The molecule has 2 heterocycles. The molecule has 0 aliphatic carbocycles. The number of hydroxylamine groups is 1. The van der Waals surface area contributed by atoms with Crippen LogP contribution in [0.2, 0.25) is 0 Å². The van der Waals surface area contributed by atoms with Gasteiger partial charge in [0.2, 0.25) is 17.7 Å². The predicted molar refractivity (Wildman–Crippen MR) is 97.3 cm³/mol. The SMILES string of the molecule is CCCCCC(CC(=O)NO)C(=O)N1CCCC1C(=O)N1CCCCC1. The molecule has 148 valence electrons. The average Bonchev–Trinajstić information content (AvgIpc) is 3.16. The lowest BCUT2D eigenvalue weighted by Gasteiger charge is -2.34. The first-order chi connectivity index (χ1) is 12.6. The van der Waals surface area contributed by atoms with E-state index in [1.165, 1.54) is 0 Å². The summed E-state index contributed by atoms with van der Waals surface area (Å²) in [6, 6.07) is -0.383. The third-order valence-electron chi connectivity index (χ3n) is 5.55. The highest BCUT2D eigenvalue weighted by Crippen LogP contribution is 2.26. The molecule has 2 aliphatic heterocycles. The lowest BCUT2D eigenvalue weighted by molar-refractivity contribution is -0.148. The highest BCUT2D eigenvalue weighted by atomic mass is 16.5. The standard InChI is InChI=1S/C19H33N3O4/c1-2-3-5-9-15(14-17(23)20-26)18(24)22-13-8-10-16(22)19(25)21-11-6-4-7-12-21/h15-16,26H,2-14H2,1H3,(H,20,23). The van der Waals surface area contributed by atoms with Crippen LogP contribution in [-0.4, -0.2) is 58.4 Å². The van der Waals surface area contributed by atoms with Crippen molar-refractivity contribution in [3.8, 4) is 0 Å². The van der Waals surface area contributed by atoms with Crippen LogP contribution in [0.5, 0.6) is 0 Å². The summed E-state index contributed by atoms with van der Waals surface area (Å²) >= 11 is 0. The summed E-state index contributed by atoms with van der Waals surface area (Å²) in [5, 5.41) is 8.83. The first kappa shape index (κ1) is 20.7. The average molecular weight is 367 g/mol. The van der Waals surface area contributed by atoms with E-state index in [2.05, 4.69) is 6.92 Å². The Morgan fingerprint density at radius 3 is 2.46 bits per heavy atom. The number of rotatable bonds is 8. The monoisotopic (exact) mass is 367 g/mol. The van der Waals surface area contributed by atoms with Gasteiger partial charge in [0.05, 0.1) is 0 Å². The second-order valence-electron chi connectivity index (χ2n) is 7.51. The second-order valence-corrected chi connectivity index (χ2v) is 7.51. The molecule has 7 heteroatoms. The first-order valence-electron chi connectivity index (χ1n) is 10.1. The van der Waals surface area contributed by atoms with Crippen molar-refractivity contribution in [3.05, 3.63) is 0 Å². The Bertz CT molecular complexity index is 491. The minimum Gasteiger partial charge on any atom is -0.341 e. The van der Waals surface area contributed by atoms with Crippen LogP contribution in [0.25, 0.3) is 0 Å². The number of carbonyl (C=O) groups is 3. The smallest absolute Gasteiger partial charge is 0.245 e. The topological polar surface area (TPSA) is 90.0 Å². The number of carbonyl (C=O) groups excluding carboxylic acids is 3. The summed E-state index contributed by atoms with van der Waals surface area (Å²) in [4.78, 5) is 41.2. The lowest BCUT2D eigenvalue weighted by atomic mass is 9.95. The van der Waals surface area contributed by atoms with E-state index < -0.39 is 11.8 Å². The summed E-state index contributed by atoms with van der Waals surface area (Å²) < 4.78 is 0. The van der Waals surface area contributed by atoms with E-state index >= 15 is 0 Å². The molecular formula is C19H33N3O4. The number of hydrogen-bond donors (Lipinski definition) is 2. The molecule has 0 aromatic carbocycles. The largest absolute Gasteiger partial charge is 0.341 e. The van der Waals surface area contributed by atoms with Crippen molar-refractivity contribution in [1.29, 1.82) is 0 Å². The van der Waals surface area contributed by atoms with Gasteiger partial charge in [0.1, 0.15) is 6.04 Å². The van der Waals surface area contributed by atoms with E-state index in [-0.39, 0.29) is 24.3 Å². The Hall–Kier alpha value is -1.63. The van der Waals surface area contributed by atoms with Gasteiger partial charge in [-0.3, -0.25) is 19.6 Å². The number of nitrogens with zero attached hydrogens (tertiary/aromatic N) is 2. The fourth-order valence-electron chi connectivity index (χ4n) is 4.07. The van der Waals surface area contributed by atoms with Crippen LogP contribution >= 0.6 is 0 Å².